The van der Waals surface area contributed by atoms with Crippen LogP contribution in [0.4, 0.5) is 11.4 Å². The molecule has 0 bridgehead atoms. The molecule has 0 unspecified atom stereocenters. The lowest BCUT2D eigenvalue weighted by Crippen LogP contribution is -2.30. The van der Waals surface area contributed by atoms with Gasteiger partial charge in [0, 0.05) is 23.4 Å². The zero-order valence-electron chi connectivity index (χ0n) is 14.5. The van der Waals surface area contributed by atoms with Crippen LogP contribution < -0.4 is 5.32 Å². The van der Waals surface area contributed by atoms with Gasteiger partial charge in [0.1, 0.15) is 0 Å². The third kappa shape index (κ3) is 4.42. The van der Waals surface area contributed by atoms with Gasteiger partial charge in [0.05, 0.1) is 4.92 Å². The molecule has 0 saturated carbocycles. The van der Waals surface area contributed by atoms with Gasteiger partial charge in [-0.15, -0.1) is 11.6 Å². The first-order chi connectivity index (χ1) is 13.5. The van der Waals surface area contributed by atoms with E-state index in [1.54, 1.807) is 12.1 Å². The highest BCUT2D eigenvalue weighted by Crippen LogP contribution is 2.22. The van der Waals surface area contributed by atoms with Gasteiger partial charge in [0.15, 0.2) is 11.2 Å². The molecule has 3 rings (SSSR count). The monoisotopic (exact) mass is 394 g/mol. The van der Waals surface area contributed by atoms with Crippen LogP contribution in [0.3, 0.4) is 0 Å². The maximum absolute atomic E-state index is 12.3. The van der Waals surface area contributed by atoms with E-state index in [1.807, 2.05) is 42.5 Å². The number of hydrogen-bond acceptors (Lipinski definition) is 4. The van der Waals surface area contributed by atoms with Crippen LogP contribution >= 0.6 is 11.6 Å². The van der Waals surface area contributed by atoms with Crippen LogP contribution in [0.2, 0.25) is 0 Å². The third-order valence-electron chi connectivity index (χ3n) is 4.08. The van der Waals surface area contributed by atoms with Gasteiger partial charge in [-0.25, -0.2) is 0 Å². The lowest BCUT2D eigenvalue weighted by molar-refractivity contribution is -0.384. The van der Waals surface area contributed by atoms with Crippen molar-refractivity contribution in [2.24, 2.45) is 0 Å². The Kier molecular flexibility index (Phi) is 5.81. The SMILES string of the molecule is O=C(Nc1ccc(-c2ccccc2)cc1)[C@@H](Cl)C(=O)c1ccc([N+](=O)[O-])cc1. The molecule has 1 N–H and O–H groups in total. The Labute approximate surface area is 165 Å². The standard InChI is InChI=1S/C21H15ClN2O4/c22-19(20(25)16-8-12-18(13-9-16)24(27)28)21(26)23-17-10-6-15(7-11-17)14-4-2-1-3-5-14/h1-13,19H,(H,23,26)/t19-/m0/s1. The smallest absolute Gasteiger partial charge is 0.269 e. The average Bonchev–Trinajstić information content (AvgIpc) is 2.74. The number of alkyl halides is 1. The van der Waals surface area contributed by atoms with Crippen molar-refractivity contribution < 1.29 is 14.5 Å². The summed E-state index contributed by atoms with van der Waals surface area (Å²) < 4.78 is 0. The second-order valence-corrected chi connectivity index (χ2v) is 6.40. The topological polar surface area (TPSA) is 89.3 Å². The van der Waals surface area contributed by atoms with E-state index in [1.165, 1.54) is 24.3 Å². The summed E-state index contributed by atoms with van der Waals surface area (Å²) in [6, 6.07) is 21.8. The second kappa shape index (κ2) is 8.45. The van der Waals surface area contributed by atoms with E-state index in [2.05, 4.69) is 5.32 Å². The molecular formula is C21H15ClN2O4. The maximum atomic E-state index is 12.3. The zero-order chi connectivity index (χ0) is 20.1. The number of nitro groups is 1. The van der Waals surface area contributed by atoms with Gasteiger partial charge >= 0.3 is 0 Å². The number of ketones is 1. The third-order valence-corrected chi connectivity index (χ3v) is 4.48. The molecule has 1 atom stereocenters. The Hall–Kier alpha value is -3.51. The van der Waals surface area contributed by atoms with Crippen LogP contribution in [0.5, 0.6) is 0 Å². The molecule has 0 heterocycles. The molecule has 0 aromatic heterocycles. The highest BCUT2D eigenvalue weighted by atomic mass is 35.5. The summed E-state index contributed by atoms with van der Waals surface area (Å²) in [7, 11) is 0. The van der Waals surface area contributed by atoms with E-state index in [0.29, 0.717) is 5.69 Å². The molecule has 0 aliphatic carbocycles. The van der Waals surface area contributed by atoms with E-state index < -0.39 is 22.0 Å². The van der Waals surface area contributed by atoms with Gasteiger partial charge in [0.2, 0.25) is 5.91 Å². The molecule has 7 heteroatoms. The molecule has 3 aromatic carbocycles. The number of halogens is 1. The molecule has 0 saturated heterocycles. The number of amides is 1. The number of hydrogen-bond donors (Lipinski definition) is 1. The Morgan fingerprint density at radius 1 is 0.857 bits per heavy atom. The van der Waals surface area contributed by atoms with Crippen molar-refractivity contribution in [1.29, 1.82) is 0 Å². The number of Topliss-reactive ketones (excluding diaryl/α,β-unsaturated/α-hetero) is 1. The molecule has 0 spiro atoms. The molecule has 140 valence electrons. The number of carbonyl (C=O) groups excluding carboxylic acids is 2. The summed E-state index contributed by atoms with van der Waals surface area (Å²) in [6.45, 7) is 0. The van der Waals surface area contributed by atoms with Crippen LogP contribution in [0.1, 0.15) is 10.4 Å². The van der Waals surface area contributed by atoms with Crippen molar-refractivity contribution in [3.63, 3.8) is 0 Å². The molecule has 0 aliphatic heterocycles. The van der Waals surface area contributed by atoms with Gasteiger partial charge in [-0.2, -0.15) is 0 Å². The predicted molar refractivity (Wildman–Crippen MR) is 108 cm³/mol. The van der Waals surface area contributed by atoms with Crippen LogP contribution in [0, 0.1) is 10.1 Å². The first-order valence-electron chi connectivity index (χ1n) is 8.35. The first-order valence-corrected chi connectivity index (χ1v) is 8.78. The fraction of sp³-hybridized carbons (Fsp3) is 0.0476. The van der Waals surface area contributed by atoms with Gasteiger partial charge in [-0.05, 0) is 35.4 Å². The number of rotatable bonds is 6. The molecule has 3 aromatic rings. The zero-order valence-corrected chi connectivity index (χ0v) is 15.3. The number of benzene rings is 3. The van der Waals surface area contributed by atoms with Crippen molar-refractivity contribution in [3.05, 3.63) is 94.5 Å². The number of nitro benzene ring substituents is 1. The lowest BCUT2D eigenvalue weighted by Gasteiger charge is -2.10. The minimum atomic E-state index is -1.45. The second-order valence-electron chi connectivity index (χ2n) is 5.96. The van der Waals surface area contributed by atoms with Crippen LogP contribution in [-0.2, 0) is 4.79 Å². The Balaban J connectivity index is 1.66. The summed E-state index contributed by atoms with van der Waals surface area (Å²) >= 11 is 6.00. The lowest BCUT2D eigenvalue weighted by atomic mass is 10.1. The van der Waals surface area contributed by atoms with Crippen molar-refractivity contribution in [2.75, 3.05) is 5.32 Å². The van der Waals surface area contributed by atoms with Gasteiger partial charge in [-0.1, -0.05) is 42.5 Å². The van der Waals surface area contributed by atoms with Gasteiger partial charge < -0.3 is 5.32 Å². The average molecular weight is 395 g/mol. The summed E-state index contributed by atoms with van der Waals surface area (Å²) in [5, 5.41) is 11.8. The minimum Gasteiger partial charge on any atom is -0.324 e. The fourth-order valence-electron chi connectivity index (χ4n) is 2.60. The highest BCUT2D eigenvalue weighted by Gasteiger charge is 2.25. The number of nitrogens with zero attached hydrogens (tertiary/aromatic N) is 1. The Morgan fingerprint density at radius 3 is 2.00 bits per heavy atom. The molecule has 28 heavy (non-hydrogen) atoms. The summed E-state index contributed by atoms with van der Waals surface area (Å²) in [6.07, 6.45) is 0. The summed E-state index contributed by atoms with van der Waals surface area (Å²) in [5.41, 5.74) is 2.52. The molecule has 0 radical (unpaired) electrons. The largest absolute Gasteiger partial charge is 0.324 e. The number of carbonyl (C=O) groups is 2. The van der Waals surface area contributed by atoms with Crippen molar-refractivity contribution >= 4 is 34.7 Å². The minimum absolute atomic E-state index is 0.125. The van der Waals surface area contributed by atoms with Gasteiger partial charge in [-0.3, -0.25) is 19.7 Å². The van der Waals surface area contributed by atoms with Crippen molar-refractivity contribution in [2.45, 2.75) is 5.38 Å². The van der Waals surface area contributed by atoms with Crippen LogP contribution in [0.25, 0.3) is 11.1 Å². The number of anilines is 1. The molecule has 0 fully saturated rings. The van der Waals surface area contributed by atoms with Crippen LogP contribution in [0.15, 0.2) is 78.9 Å². The normalized spacial score (nSPS) is 11.5. The van der Waals surface area contributed by atoms with E-state index >= 15 is 0 Å². The van der Waals surface area contributed by atoms with E-state index in [9.17, 15) is 19.7 Å². The molecule has 0 aliphatic rings. The van der Waals surface area contributed by atoms with E-state index in [0.717, 1.165) is 11.1 Å². The molecule has 1 amide bonds. The quantitative estimate of drug-likeness (QED) is 0.216. The first kappa shape index (κ1) is 19.3. The Morgan fingerprint density at radius 2 is 1.43 bits per heavy atom. The predicted octanol–water partition coefficient (Wildman–Crippen LogP) is 4.69. The molecule has 6 nitrogen and oxygen atoms in total. The Bertz CT molecular complexity index is 1000. The van der Waals surface area contributed by atoms with E-state index in [4.69, 9.17) is 11.6 Å². The van der Waals surface area contributed by atoms with Crippen molar-refractivity contribution in [1.82, 2.24) is 0 Å². The highest BCUT2D eigenvalue weighted by molar-refractivity contribution is 6.45. The summed E-state index contributed by atoms with van der Waals surface area (Å²) in [5.74, 6) is -1.30. The van der Waals surface area contributed by atoms with Crippen LogP contribution in [-0.4, -0.2) is 22.0 Å². The number of nitrogens with one attached hydrogen (secondary N) is 1. The summed E-state index contributed by atoms with van der Waals surface area (Å²) in [4.78, 5) is 34.7. The fourth-order valence-corrected chi connectivity index (χ4v) is 2.78. The maximum Gasteiger partial charge on any atom is 0.269 e. The van der Waals surface area contributed by atoms with Crippen molar-refractivity contribution in [3.8, 4) is 11.1 Å². The van der Waals surface area contributed by atoms with Gasteiger partial charge in [0.25, 0.3) is 5.69 Å². The molecular weight excluding hydrogens is 380 g/mol. The number of non-ortho nitro benzene ring substituents is 1. The van der Waals surface area contributed by atoms with E-state index in [-0.39, 0.29) is 11.3 Å².